The summed E-state index contributed by atoms with van der Waals surface area (Å²) in [6, 6.07) is 29.5. The first-order valence-corrected chi connectivity index (χ1v) is 9.40. The molecule has 0 heterocycles. The van der Waals surface area contributed by atoms with Crippen molar-refractivity contribution in [2.75, 3.05) is 20.2 Å². The van der Waals surface area contributed by atoms with E-state index in [-0.39, 0.29) is 5.41 Å². The van der Waals surface area contributed by atoms with Crippen molar-refractivity contribution in [1.29, 1.82) is 0 Å². The van der Waals surface area contributed by atoms with Crippen LogP contribution >= 0.6 is 0 Å². The SMILES string of the molecule is CNCCOc1ccc(C=CC(C)(c2ccccc2)c2ccccc2)cc1. The Morgan fingerprint density at radius 3 is 1.89 bits per heavy atom. The predicted molar refractivity (Wildman–Crippen MR) is 114 cm³/mol. The van der Waals surface area contributed by atoms with Gasteiger partial charge in [-0.3, -0.25) is 0 Å². The van der Waals surface area contributed by atoms with Gasteiger partial charge in [-0.1, -0.05) is 84.9 Å². The van der Waals surface area contributed by atoms with E-state index in [2.05, 4.69) is 97.2 Å². The highest BCUT2D eigenvalue weighted by atomic mass is 16.5. The van der Waals surface area contributed by atoms with Gasteiger partial charge in [-0.05, 0) is 42.8 Å². The Kier molecular flexibility index (Phi) is 6.45. The van der Waals surface area contributed by atoms with Crippen molar-refractivity contribution in [2.45, 2.75) is 12.3 Å². The van der Waals surface area contributed by atoms with Crippen molar-refractivity contribution in [1.82, 2.24) is 5.32 Å². The van der Waals surface area contributed by atoms with Crippen LogP contribution in [-0.4, -0.2) is 20.2 Å². The molecule has 0 fully saturated rings. The zero-order valence-corrected chi connectivity index (χ0v) is 16.1. The molecule has 3 rings (SSSR count). The standard InChI is InChI=1S/C25H27NO/c1-25(22-9-5-3-6-10-22,23-11-7-4-8-12-23)18-17-21-13-15-24(16-14-21)27-20-19-26-2/h3-18,26H,19-20H2,1-2H3. The van der Waals surface area contributed by atoms with Gasteiger partial charge in [0.05, 0.1) is 0 Å². The number of hydrogen-bond acceptors (Lipinski definition) is 2. The van der Waals surface area contributed by atoms with Gasteiger partial charge in [0, 0.05) is 12.0 Å². The van der Waals surface area contributed by atoms with Crippen molar-refractivity contribution in [3.05, 3.63) is 108 Å². The maximum absolute atomic E-state index is 5.70. The average molecular weight is 357 g/mol. The normalized spacial score (nSPS) is 11.6. The summed E-state index contributed by atoms with van der Waals surface area (Å²) < 4.78 is 5.70. The molecule has 0 radical (unpaired) electrons. The Balaban J connectivity index is 1.84. The fraction of sp³-hybridized carbons (Fsp3) is 0.200. The fourth-order valence-corrected chi connectivity index (χ4v) is 3.14. The van der Waals surface area contributed by atoms with Gasteiger partial charge in [0.1, 0.15) is 12.4 Å². The van der Waals surface area contributed by atoms with Crippen LogP contribution in [0.15, 0.2) is 91.0 Å². The van der Waals surface area contributed by atoms with Crippen molar-refractivity contribution >= 4 is 6.08 Å². The van der Waals surface area contributed by atoms with Crippen LogP contribution in [-0.2, 0) is 5.41 Å². The molecule has 1 N–H and O–H groups in total. The van der Waals surface area contributed by atoms with E-state index < -0.39 is 0 Å². The molecule has 0 aliphatic heterocycles. The molecule has 0 amide bonds. The topological polar surface area (TPSA) is 21.3 Å². The lowest BCUT2D eigenvalue weighted by Crippen LogP contribution is -2.20. The minimum Gasteiger partial charge on any atom is -0.492 e. The van der Waals surface area contributed by atoms with Crippen molar-refractivity contribution < 1.29 is 4.74 Å². The van der Waals surface area contributed by atoms with Crippen LogP contribution in [0.25, 0.3) is 6.08 Å². The molecule has 0 saturated heterocycles. The zero-order chi connectivity index (χ0) is 19.0. The predicted octanol–water partition coefficient (Wildman–Crippen LogP) is 5.30. The third kappa shape index (κ3) is 4.87. The zero-order valence-electron chi connectivity index (χ0n) is 16.1. The van der Waals surface area contributed by atoms with E-state index >= 15 is 0 Å². The lowest BCUT2D eigenvalue weighted by atomic mass is 9.76. The average Bonchev–Trinajstić information content (AvgIpc) is 2.74. The molecule has 0 aromatic heterocycles. The largest absolute Gasteiger partial charge is 0.492 e. The number of ether oxygens (including phenoxy) is 1. The Morgan fingerprint density at radius 2 is 1.37 bits per heavy atom. The van der Waals surface area contributed by atoms with E-state index in [1.807, 2.05) is 19.2 Å². The van der Waals surface area contributed by atoms with Crippen LogP contribution in [0.5, 0.6) is 5.75 Å². The second-order valence-corrected chi connectivity index (χ2v) is 6.79. The maximum Gasteiger partial charge on any atom is 0.119 e. The van der Waals surface area contributed by atoms with Crippen LogP contribution in [0.1, 0.15) is 23.6 Å². The molecule has 0 aliphatic rings. The van der Waals surface area contributed by atoms with Gasteiger partial charge in [-0.25, -0.2) is 0 Å². The third-order valence-corrected chi connectivity index (χ3v) is 4.86. The summed E-state index contributed by atoms with van der Waals surface area (Å²) in [6.07, 6.45) is 4.48. The smallest absolute Gasteiger partial charge is 0.119 e. The van der Waals surface area contributed by atoms with E-state index in [4.69, 9.17) is 4.74 Å². The van der Waals surface area contributed by atoms with E-state index in [9.17, 15) is 0 Å². The summed E-state index contributed by atoms with van der Waals surface area (Å²) in [6.45, 7) is 3.78. The first-order chi connectivity index (χ1) is 13.2. The van der Waals surface area contributed by atoms with Gasteiger partial charge in [0.2, 0.25) is 0 Å². The van der Waals surface area contributed by atoms with E-state index in [0.717, 1.165) is 17.9 Å². The summed E-state index contributed by atoms with van der Waals surface area (Å²) >= 11 is 0. The van der Waals surface area contributed by atoms with E-state index in [1.54, 1.807) is 0 Å². The van der Waals surface area contributed by atoms with Crippen LogP contribution in [0.2, 0.25) is 0 Å². The molecule has 0 bridgehead atoms. The number of nitrogens with one attached hydrogen (secondary N) is 1. The lowest BCUT2D eigenvalue weighted by Gasteiger charge is -2.27. The molecule has 2 nitrogen and oxygen atoms in total. The number of hydrogen-bond donors (Lipinski definition) is 1. The molecule has 0 spiro atoms. The first-order valence-electron chi connectivity index (χ1n) is 9.40. The van der Waals surface area contributed by atoms with Crippen LogP contribution in [0, 0.1) is 0 Å². The monoisotopic (exact) mass is 357 g/mol. The number of allylic oxidation sites excluding steroid dienone is 1. The first kappa shape index (κ1) is 18.9. The number of benzene rings is 3. The van der Waals surface area contributed by atoms with Gasteiger partial charge >= 0.3 is 0 Å². The van der Waals surface area contributed by atoms with Gasteiger partial charge in [-0.2, -0.15) is 0 Å². The second kappa shape index (κ2) is 9.20. The molecule has 0 saturated carbocycles. The van der Waals surface area contributed by atoms with Crippen molar-refractivity contribution in [3.63, 3.8) is 0 Å². The molecular weight excluding hydrogens is 330 g/mol. The Hall–Kier alpha value is -2.84. The summed E-state index contributed by atoms with van der Waals surface area (Å²) in [7, 11) is 1.92. The minimum atomic E-state index is -0.190. The molecular formula is C25H27NO. The minimum absolute atomic E-state index is 0.190. The highest BCUT2D eigenvalue weighted by Crippen LogP contribution is 2.34. The highest BCUT2D eigenvalue weighted by Gasteiger charge is 2.25. The molecule has 27 heavy (non-hydrogen) atoms. The van der Waals surface area contributed by atoms with Crippen LogP contribution < -0.4 is 10.1 Å². The molecule has 0 unspecified atom stereocenters. The number of rotatable bonds is 8. The molecule has 0 atom stereocenters. The molecule has 0 aliphatic carbocycles. The van der Waals surface area contributed by atoms with Gasteiger partial charge < -0.3 is 10.1 Å². The molecule has 2 heteroatoms. The van der Waals surface area contributed by atoms with Crippen LogP contribution in [0.3, 0.4) is 0 Å². The van der Waals surface area contributed by atoms with Gasteiger partial charge in [0.15, 0.2) is 0 Å². The molecule has 138 valence electrons. The van der Waals surface area contributed by atoms with E-state index in [0.29, 0.717) is 6.61 Å². The van der Waals surface area contributed by atoms with Crippen molar-refractivity contribution in [2.24, 2.45) is 0 Å². The second-order valence-electron chi connectivity index (χ2n) is 6.79. The lowest BCUT2D eigenvalue weighted by molar-refractivity contribution is 0.318. The quantitative estimate of drug-likeness (QED) is 0.552. The van der Waals surface area contributed by atoms with E-state index in [1.165, 1.54) is 11.1 Å². The summed E-state index contributed by atoms with van der Waals surface area (Å²) in [5, 5.41) is 3.08. The Morgan fingerprint density at radius 1 is 0.815 bits per heavy atom. The molecule has 3 aromatic rings. The van der Waals surface area contributed by atoms with Crippen LogP contribution in [0.4, 0.5) is 0 Å². The molecule has 3 aromatic carbocycles. The van der Waals surface area contributed by atoms with Gasteiger partial charge in [-0.15, -0.1) is 0 Å². The third-order valence-electron chi connectivity index (χ3n) is 4.86. The highest BCUT2D eigenvalue weighted by molar-refractivity contribution is 5.56. The maximum atomic E-state index is 5.70. The Labute approximate surface area is 162 Å². The van der Waals surface area contributed by atoms with Gasteiger partial charge in [0.25, 0.3) is 0 Å². The Bertz CT molecular complexity index is 799. The summed E-state index contributed by atoms with van der Waals surface area (Å²) in [5.74, 6) is 0.899. The fourth-order valence-electron chi connectivity index (χ4n) is 3.14. The van der Waals surface area contributed by atoms with Crippen molar-refractivity contribution in [3.8, 4) is 5.75 Å². The number of likely N-dealkylation sites (N-methyl/N-ethyl adjacent to an activating group) is 1. The summed E-state index contributed by atoms with van der Waals surface area (Å²) in [4.78, 5) is 0. The summed E-state index contributed by atoms with van der Waals surface area (Å²) in [5.41, 5.74) is 3.53.